The minimum atomic E-state index is -0.450. The molecule has 1 aliphatic rings. The lowest BCUT2D eigenvalue weighted by atomic mass is 10.0. The minimum Gasteiger partial charge on any atom is -0.282 e. The molecule has 4 aromatic rings. The molecule has 5 rings (SSSR count). The van der Waals surface area contributed by atoms with Crippen LogP contribution in [0, 0.1) is 6.92 Å². The summed E-state index contributed by atoms with van der Waals surface area (Å²) in [5.41, 5.74) is 3.91. The van der Waals surface area contributed by atoms with Crippen molar-refractivity contribution in [3.8, 4) is 11.1 Å². The number of carbonyl (C=O) groups is 3. The monoisotopic (exact) mass is 428 g/mol. The van der Waals surface area contributed by atoms with Gasteiger partial charge in [0, 0.05) is 21.7 Å². The van der Waals surface area contributed by atoms with Gasteiger partial charge in [-0.15, -0.1) is 0 Å². The molecule has 2 heterocycles. The van der Waals surface area contributed by atoms with Crippen LogP contribution in [-0.4, -0.2) is 33.7 Å². The van der Waals surface area contributed by atoms with Gasteiger partial charge in [0.2, 0.25) is 0 Å². The Morgan fingerprint density at radius 3 is 2.13 bits per heavy atom. The predicted octanol–water partition coefficient (Wildman–Crippen LogP) is 5.21. The third-order valence-electron chi connectivity index (χ3n) is 5.65. The van der Waals surface area contributed by atoms with Gasteiger partial charge in [-0.25, -0.2) is 0 Å². The Bertz CT molecular complexity index is 1350. The molecule has 0 saturated carbocycles. The van der Waals surface area contributed by atoms with E-state index in [-0.39, 0.29) is 12.5 Å². The molecule has 0 fully saturated rings. The van der Waals surface area contributed by atoms with Gasteiger partial charge in [-0.2, -0.15) is 0 Å². The Balaban J connectivity index is 1.60. The van der Waals surface area contributed by atoms with Crippen molar-refractivity contribution in [1.29, 1.82) is 0 Å². The van der Waals surface area contributed by atoms with Gasteiger partial charge in [-0.3, -0.25) is 23.9 Å². The fourth-order valence-corrected chi connectivity index (χ4v) is 4.44. The summed E-state index contributed by atoms with van der Waals surface area (Å²) in [5, 5.41) is 1.40. The van der Waals surface area contributed by atoms with E-state index in [9.17, 15) is 14.4 Å². The zero-order chi connectivity index (χ0) is 21.7. The van der Waals surface area contributed by atoms with Crippen molar-refractivity contribution in [1.82, 2.24) is 9.47 Å². The minimum absolute atomic E-state index is 0.325. The molecule has 0 aliphatic carbocycles. The summed E-state index contributed by atoms with van der Waals surface area (Å²) in [6, 6.07) is 21.7. The summed E-state index contributed by atoms with van der Waals surface area (Å²) in [4.78, 5) is 39.8. The number of amides is 2. The lowest BCUT2D eigenvalue weighted by molar-refractivity contribution is 0.0606. The van der Waals surface area contributed by atoms with E-state index >= 15 is 0 Å². The average Bonchev–Trinajstić information content (AvgIpc) is 3.20. The van der Waals surface area contributed by atoms with E-state index in [2.05, 4.69) is 0 Å². The second-order valence-electron chi connectivity index (χ2n) is 7.46. The quantitative estimate of drug-likeness (QED) is 0.421. The Labute approximate surface area is 183 Å². The van der Waals surface area contributed by atoms with E-state index in [0.717, 1.165) is 27.1 Å². The van der Waals surface area contributed by atoms with Gasteiger partial charge < -0.3 is 0 Å². The third-order valence-corrected chi connectivity index (χ3v) is 5.88. The Morgan fingerprint density at radius 1 is 0.871 bits per heavy atom. The molecule has 0 unspecified atom stereocenters. The zero-order valence-electron chi connectivity index (χ0n) is 16.6. The van der Waals surface area contributed by atoms with Crippen LogP contribution in [0.3, 0.4) is 0 Å². The summed E-state index contributed by atoms with van der Waals surface area (Å²) in [5.74, 6) is -1.26. The van der Waals surface area contributed by atoms with E-state index in [1.165, 1.54) is 0 Å². The second-order valence-corrected chi connectivity index (χ2v) is 7.90. The van der Waals surface area contributed by atoms with E-state index in [1.54, 1.807) is 41.0 Å². The number of rotatable bonds is 3. The van der Waals surface area contributed by atoms with Crippen LogP contribution < -0.4 is 0 Å². The van der Waals surface area contributed by atoms with Gasteiger partial charge in [-0.05, 0) is 42.8 Å². The van der Waals surface area contributed by atoms with Crippen LogP contribution in [-0.2, 0) is 0 Å². The van der Waals surface area contributed by atoms with Crippen molar-refractivity contribution >= 4 is 40.2 Å². The van der Waals surface area contributed by atoms with Gasteiger partial charge >= 0.3 is 0 Å². The maximum absolute atomic E-state index is 13.4. The molecule has 0 radical (unpaired) electrons. The summed E-state index contributed by atoms with van der Waals surface area (Å²) < 4.78 is 1.57. The SMILES string of the molecule is Cc1c(-c2ccccc2)c2cc(Cl)ccc2n1C(=O)CN1C(=O)c2ccccc2C1=O. The first-order valence-corrected chi connectivity index (χ1v) is 10.2. The molecule has 0 atom stereocenters. The Morgan fingerprint density at radius 2 is 1.48 bits per heavy atom. The number of carbonyl (C=O) groups excluding carboxylic acids is 3. The number of nitrogens with zero attached hydrogens (tertiary/aromatic N) is 2. The molecule has 0 N–H and O–H groups in total. The van der Waals surface area contributed by atoms with Gasteiger partial charge in [0.05, 0.1) is 16.6 Å². The highest BCUT2D eigenvalue weighted by Crippen LogP contribution is 2.36. The van der Waals surface area contributed by atoms with Crippen molar-refractivity contribution < 1.29 is 14.4 Å². The van der Waals surface area contributed by atoms with Crippen molar-refractivity contribution in [2.24, 2.45) is 0 Å². The average molecular weight is 429 g/mol. The zero-order valence-corrected chi connectivity index (χ0v) is 17.4. The summed E-state index contributed by atoms with van der Waals surface area (Å²) >= 11 is 6.25. The highest BCUT2D eigenvalue weighted by Gasteiger charge is 2.37. The molecule has 0 bridgehead atoms. The molecule has 31 heavy (non-hydrogen) atoms. The molecule has 3 aromatic carbocycles. The van der Waals surface area contributed by atoms with Crippen LogP contribution in [0.25, 0.3) is 22.0 Å². The number of benzene rings is 3. The molecule has 0 spiro atoms. The molecule has 0 saturated heterocycles. The Hall–Kier alpha value is -3.70. The lowest BCUT2D eigenvalue weighted by Crippen LogP contribution is -2.37. The number of hydrogen-bond acceptors (Lipinski definition) is 3. The van der Waals surface area contributed by atoms with Gasteiger partial charge in [0.25, 0.3) is 17.7 Å². The first-order valence-electron chi connectivity index (χ1n) is 9.82. The molecule has 1 aromatic heterocycles. The van der Waals surface area contributed by atoms with E-state index in [0.29, 0.717) is 21.7 Å². The fourth-order valence-electron chi connectivity index (χ4n) is 4.27. The summed E-state index contributed by atoms with van der Waals surface area (Å²) in [6.45, 7) is 1.52. The van der Waals surface area contributed by atoms with E-state index < -0.39 is 11.8 Å². The van der Waals surface area contributed by atoms with Crippen LogP contribution in [0.15, 0.2) is 72.8 Å². The number of halogens is 1. The fraction of sp³-hybridized carbons (Fsp3) is 0.0800. The molecule has 1 aliphatic heterocycles. The van der Waals surface area contributed by atoms with Crippen LogP contribution in [0.2, 0.25) is 5.02 Å². The molecule has 2 amide bonds. The second kappa shape index (κ2) is 7.22. The largest absolute Gasteiger partial charge is 0.282 e. The van der Waals surface area contributed by atoms with Crippen molar-refractivity contribution in [2.75, 3.05) is 6.54 Å². The lowest BCUT2D eigenvalue weighted by Gasteiger charge is -2.15. The molecular weight excluding hydrogens is 412 g/mol. The highest BCUT2D eigenvalue weighted by molar-refractivity contribution is 6.31. The molecule has 6 heteroatoms. The molecule has 5 nitrogen and oxygen atoms in total. The first-order chi connectivity index (χ1) is 15.0. The number of aromatic nitrogens is 1. The van der Waals surface area contributed by atoms with E-state index in [4.69, 9.17) is 11.6 Å². The first kappa shape index (κ1) is 19.3. The maximum atomic E-state index is 13.4. The predicted molar refractivity (Wildman–Crippen MR) is 120 cm³/mol. The van der Waals surface area contributed by atoms with Crippen molar-refractivity contribution in [2.45, 2.75) is 6.92 Å². The highest BCUT2D eigenvalue weighted by atomic mass is 35.5. The smallest absolute Gasteiger partial charge is 0.262 e. The maximum Gasteiger partial charge on any atom is 0.262 e. The standard InChI is InChI=1S/C25H17ClN2O3/c1-15-23(16-7-3-2-4-8-16)20-13-17(26)11-12-21(20)28(15)22(29)14-27-24(30)18-9-5-6-10-19(18)25(27)31/h2-13H,14H2,1H3. The summed E-state index contributed by atoms with van der Waals surface area (Å²) in [7, 11) is 0. The number of imide groups is 1. The van der Waals surface area contributed by atoms with Gasteiger partial charge in [0.15, 0.2) is 0 Å². The van der Waals surface area contributed by atoms with Crippen LogP contribution >= 0.6 is 11.6 Å². The molecular formula is C25H17ClN2O3. The Kier molecular flexibility index (Phi) is 4.49. The van der Waals surface area contributed by atoms with Crippen molar-refractivity contribution in [3.63, 3.8) is 0 Å². The van der Waals surface area contributed by atoms with Gasteiger partial charge in [0.1, 0.15) is 6.54 Å². The van der Waals surface area contributed by atoms with Crippen LogP contribution in [0.5, 0.6) is 0 Å². The molecule has 152 valence electrons. The topological polar surface area (TPSA) is 59.4 Å². The van der Waals surface area contributed by atoms with Crippen LogP contribution in [0.1, 0.15) is 31.2 Å². The van der Waals surface area contributed by atoms with Crippen molar-refractivity contribution in [3.05, 3.63) is 94.6 Å². The van der Waals surface area contributed by atoms with Crippen LogP contribution in [0.4, 0.5) is 0 Å². The number of hydrogen-bond donors (Lipinski definition) is 0. The van der Waals surface area contributed by atoms with E-state index in [1.807, 2.05) is 43.3 Å². The third kappa shape index (κ3) is 2.97. The number of fused-ring (bicyclic) bond motifs is 2. The summed E-state index contributed by atoms with van der Waals surface area (Å²) in [6.07, 6.45) is 0. The normalized spacial score (nSPS) is 13.2. The van der Waals surface area contributed by atoms with Gasteiger partial charge in [-0.1, -0.05) is 54.1 Å².